The number of nitrogens with zero attached hydrogens (tertiary/aromatic N) is 6. The smallest absolute Gasteiger partial charge is 0.262 e. The van der Waals surface area contributed by atoms with Crippen LogP contribution in [0.25, 0.3) is 22.0 Å². The number of hydrogen-bond donors (Lipinski definition) is 2. The number of piperazine rings is 1. The van der Waals surface area contributed by atoms with E-state index in [-0.39, 0.29) is 24.6 Å². The Morgan fingerprint density at radius 3 is 2.39 bits per heavy atom. The third-order valence-electron chi connectivity index (χ3n) is 12.2. The summed E-state index contributed by atoms with van der Waals surface area (Å²) in [5.74, 6) is -1.22. The molecule has 12 nitrogen and oxygen atoms in total. The van der Waals surface area contributed by atoms with Crippen LogP contribution >= 0.6 is 0 Å². The lowest BCUT2D eigenvalue weighted by Gasteiger charge is -2.38. The number of aromatic amines is 1. The largest absolute Gasteiger partial charge is 0.369 e. The first-order valence-corrected chi connectivity index (χ1v) is 19.3. The van der Waals surface area contributed by atoms with Gasteiger partial charge in [0.15, 0.2) is 11.6 Å². The highest BCUT2D eigenvalue weighted by Gasteiger charge is 2.45. The molecule has 1 unspecified atom stereocenters. The number of H-pyrrole nitrogens is 1. The second-order valence-corrected chi connectivity index (χ2v) is 15.6. The van der Waals surface area contributed by atoms with Crippen molar-refractivity contribution in [3.05, 3.63) is 76.9 Å². The number of rotatable bonds is 7. The number of carbonyl (C=O) groups is 4. The fourth-order valence-corrected chi connectivity index (χ4v) is 9.07. The van der Waals surface area contributed by atoms with Crippen molar-refractivity contribution < 1.29 is 23.6 Å². The number of carbonyl (C=O) groups excluding carboxylic acids is 4. The van der Waals surface area contributed by atoms with Crippen LogP contribution < -0.4 is 15.1 Å². The van der Waals surface area contributed by atoms with Crippen LogP contribution in [0.1, 0.15) is 64.1 Å². The van der Waals surface area contributed by atoms with Gasteiger partial charge in [-0.2, -0.15) is 0 Å². The van der Waals surface area contributed by atoms with Crippen LogP contribution in [0, 0.1) is 11.7 Å². The molecule has 5 aliphatic rings. The van der Waals surface area contributed by atoms with E-state index in [1.54, 1.807) is 24.4 Å². The van der Waals surface area contributed by atoms with Gasteiger partial charge in [0.2, 0.25) is 11.8 Å². The number of halogens is 1. The highest BCUT2D eigenvalue weighted by molar-refractivity contribution is 6.23. The SMILES string of the molecule is CN1CCc2c([nH]c3cc(-c4cnc(N5CCC(CCN6CCN(c7ccc8c(c7)C(=O)N(C7CCC(=O)NC7=O)C8=O)CC6)CC5)c(F)c4)ccc23)C1. The summed E-state index contributed by atoms with van der Waals surface area (Å²) in [4.78, 5) is 68.8. The number of anilines is 2. The van der Waals surface area contributed by atoms with E-state index in [2.05, 4.69) is 60.1 Å². The number of likely N-dealkylation sites (N-methyl/N-ethyl adjacent to an activating group) is 1. The molecule has 5 aliphatic heterocycles. The maximum Gasteiger partial charge on any atom is 0.262 e. The number of aromatic nitrogens is 2. The second kappa shape index (κ2) is 13.9. The number of piperidine rings is 2. The van der Waals surface area contributed by atoms with Gasteiger partial charge in [0.25, 0.3) is 11.8 Å². The summed E-state index contributed by atoms with van der Waals surface area (Å²) in [5, 5.41) is 3.50. The molecule has 54 heavy (non-hydrogen) atoms. The fourth-order valence-electron chi connectivity index (χ4n) is 9.07. The summed E-state index contributed by atoms with van der Waals surface area (Å²) in [6, 6.07) is 12.3. The van der Waals surface area contributed by atoms with Gasteiger partial charge in [0.1, 0.15) is 6.04 Å². The summed E-state index contributed by atoms with van der Waals surface area (Å²) < 4.78 is 15.5. The summed E-state index contributed by atoms with van der Waals surface area (Å²) in [7, 11) is 2.14. The molecule has 4 aromatic rings. The minimum absolute atomic E-state index is 0.0951. The van der Waals surface area contributed by atoms with Crippen LogP contribution in [0.15, 0.2) is 48.7 Å². The molecular weight excluding hydrogens is 688 g/mol. The molecular formula is C41H45FN8O4. The van der Waals surface area contributed by atoms with Crippen LogP contribution in [0.2, 0.25) is 0 Å². The molecule has 3 saturated heterocycles. The highest BCUT2D eigenvalue weighted by atomic mass is 19.1. The quantitative estimate of drug-likeness (QED) is 0.270. The Kier molecular flexibility index (Phi) is 8.93. The normalized spacial score (nSPS) is 21.6. The van der Waals surface area contributed by atoms with Crippen LogP contribution in [-0.2, 0) is 22.6 Å². The predicted molar refractivity (Wildman–Crippen MR) is 203 cm³/mol. The molecule has 0 aliphatic carbocycles. The molecule has 0 saturated carbocycles. The van der Waals surface area contributed by atoms with E-state index in [4.69, 9.17) is 0 Å². The predicted octanol–water partition coefficient (Wildman–Crippen LogP) is 4.19. The first kappa shape index (κ1) is 34.6. The van der Waals surface area contributed by atoms with Gasteiger partial charge in [-0.3, -0.25) is 34.3 Å². The zero-order valence-electron chi connectivity index (χ0n) is 30.6. The van der Waals surface area contributed by atoms with Crippen molar-refractivity contribution in [1.29, 1.82) is 0 Å². The van der Waals surface area contributed by atoms with Crippen molar-refractivity contribution in [2.45, 2.75) is 51.1 Å². The zero-order chi connectivity index (χ0) is 37.1. The van der Waals surface area contributed by atoms with Gasteiger partial charge in [0, 0.05) is 92.8 Å². The van der Waals surface area contributed by atoms with Crippen molar-refractivity contribution in [2.75, 3.05) is 69.2 Å². The maximum atomic E-state index is 15.5. The monoisotopic (exact) mass is 732 g/mol. The lowest BCUT2D eigenvalue weighted by Crippen LogP contribution is -2.54. The molecule has 7 heterocycles. The Morgan fingerprint density at radius 2 is 1.61 bits per heavy atom. The minimum Gasteiger partial charge on any atom is -0.369 e. The number of benzene rings is 2. The molecule has 280 valence electrons. The summed E-state index contributed by atoms with van der Waals surface area (Å²) in [6.07, 6.45) is 6.17. The van der Waals surface area contributed by atoms with Gasteiger partial charge in [0.05, 0.1) is 11.1 Å². The molecule has 2 aromatic heterocycles. The first-order chi connectivity index (χ1) is 26.2. The Bertz CT molecular complexity index is 2170. The van der Waals surface area contributed by atoms with Gasteiger partial charge in [-0.25, -0.2) is 9.37 Å². The van der Waals surface area contributed by atoms with E-state index in [0.29, 0.717) is 22.9 Å². The molecule has 2 aromatic carbocycles. The third kappa shape index (κ3) is 6.32. The van der Waals surface area contributed by atoms with Gasteiger partial charge in [-0.1, -0.05) is 12.1 Å². The Hall–Kier alpha value is -5.14. The van der Waals surface area contributed by atoms with Gasteiger partial charge >= 0.3 is 0 Å². The molecule has 2 N–H and O–H groups in total. The lowest BCUT2D eigenvalue weighted by molar-refractivity contribution is -0.136. The van der Waals surface area contributed by atoms with Crippen LogP contribution in [0.4, 0.5) is 15.9 Å². The van der Waals surface area contributed by atoms with Crippen molar-refractivity contribution in [1.82, 2.24) is 30.0 Å². The molecule has 9 rings (SSSR count). The van der Waals surface area contributed by atoms with Crippen LogP contribution in [-0.4, -0.2) is 114 Å². The second-order valence-electron chi connectivity index (χ2n) is 15.6. The highest BCUT2D eigenvalue weighted by Crippen LogP contribution is 2.34. The van der Waals surface area contributed by atoms with Gasteiger partial charge in [-0.05, 0) is 93.1 Å². The molecule has 13 heteroatoms. The number of nitrogens with one attached hydrogen (secondary N) is 2. The van der Waals surface area contributed by atoms with E-state index in [1.165, 1.54) is 16.6 Å². The Morgan fingerprint density at radius 1 is 0.815 bits per heavy atom. The number of fused-ring (bicyclic) bond motifs is 4. The molecule has 0 radical (unpaired) electrons. The molecule has 3 fully saturated rings. The first-order valence-electron chi connectivity index (χ1n) is 19.3. The summed E-state index contributed by atoms with van der Waals surface area (Å²) in [5.41, 5.74) is 7.00. The van der Waals surface area contributed by atoms with Crippen molar-refractivity contribution in [2.24, 2.45) is 5.92 Å². The summed E-state index contributed by atoms with van der Waals surface area (Å²) in [6.45, 7) is 7.94. The van der Waals surface area contributed by atoms with Crippen molar-refractivity contribution in [3.63, 3.8) is 0 Å². The van der Waals surface area contributed by atoms with E-state index < -0.39 is 23.8 Å². The molecule has 1 atom stereocenters. The topological polar surface area (TPSA) is 125 Å². The number of imide groups is 2. The standard InChI is InChI=1S/C41H45FN8O4/c1-46-12-11-30-29-4-2-26(21-34(29)44-35(30)24-46)27-20-33(42)38(43-23-27)49-14-9-25(10-15-49)8-13-47-16-18-48(19-17-47)28-3-5-31-32(22-28)41(54)50(40(31)53)36-6-7-37(51)45-39(36)52/h2-5,20-23,25,36,44H,6-19,24H2,1H3,(H,45,51,52). The van der Waals surface area contributed by atoms with E-state index in [9.17, 15) is 19.2 Å². The maximum absolute atomic E-state index is 15.5. The number of hydrogen-bond acceptors (Lipinski definition) is 9. The minimum atomic E-state index is -0.969. The van der Waals surface area contributed by atoms with E-state index >= 15 is 4.39 Å². The average Bonchev–Trinajstić information content (AvgIpc) is 3.66. The number of pyridine rings is 1. The van der Waals surface area contributed by atoms with E-state index in [0.717, 1.165) is 112 Å². The third-order valence-corrected chi connectivity index (χ3v) is 12.2. The average molecular weight is 733 g/mol. The van der Waals surface area contributed by atoms with Crippen molar-refractivity contribution >= 4 is 46.0 Å². The van der Waals surface area contributed by atoms with Crippen molar-refractivity contribution in [3.8, 4) is 11.1 Å². The van der Waals surface area contributed by atoms with Crippen LogP contribution in [0.3, 0.4) is 0 Å². The molecule has 0 spiro atoms. The summed E-state index contributed by atoms with van der Waals surface area (Å²) >= 11 is 0. The Balaban J connectivity index is 0.753. The van der Waals surface area contributed by atoms with Crippen LogP contribution in [0.5, 0.6) is 0 Å². The number of amides is 4. The fraction of sp³-hybridized carbons (Fsp3) is 0.439. The molecule has 0 bridgehead atoms. The van der Waals surface area contributed by atoms with Gasteiger partial charge < -0.3 is 19.7 Å². The van der Waals surface area contributed by atoms with Gasteiger partial charge in [-0.15, -0.1) is 0 Å². The Labute approximate surface area is 313 Å². The zero-order valence-corrected chi connectivity index (χ0v) is 30.6. The lowest BCUT2D eigenvalue weighted by atomic mass is 9.93. The molecule has 4 amide bonds. The van der Waals surface area contributed by atoms with E-state index in [1.807, 2.05) is 6.07 Å².